The summed E-state index contributed by atoms with van der Waals surface area (Å²) in [4.78, 5) is 0. The van der Waals surface area contributed by atoms with Gasteiger partial charge in [0.1, 0.15) is 5.75 Å². The predicted octanol–water partition coefficient (Wildman–Crippen LogP) is 4.20. The molecule has 0 spiro atoms. The molecule has 0 aromatic heterocycles. The van der Waals surface area contributed by atoms with Gasteiger partial charge in [-0.2, -0.15) is 8.78 Å². The van der Waals surface area contributed by atoms with Gasteiger partial charge in [0.25, 0.3) is 0 Å². The molecule has 2 rings (SSSR count). The first-order valence-electron chi connectivity index (χ1n) is 7.31. The zero-order valence-electron chi connectivity index (χ0n) is 12.1. The van der Waals surface area contributed by atoms with Crippen molar-refractivity contribution in [3.8, 4) is 5.75 Å². The van der Waals surface area contributed by atoms with Crippen molar-refractivity contribution >= 4 is 0 Å². The molecule has 112 valence electrons. The van der Waals surface area contributed by atoms with E-state index in [1.54, 1.807) is 12.1 Å². The summed E-state index contributed by atoms with van der Waals surface area (Å²) in [6.45, 7) is 2.61. The number of hydrogen-bond acceptors (Lipinski definition) is 2. The van der Waals surface area contributed by atoms with E-state index in [-0.39, 0.29) is 5.75 Å². The first-order chi connectivity index (χ1) is 9.54. The molecule has 0 radical (unpaired) electrons. The second-order valence-corrected chi connectivity index (χ2v) is 5.91. The SMILES string of the molecule is CC1CCC(C)C(NCc2ccc(OC(F)F)cc2)C1. The topological polar surface area (TPSA) is 21.3 Å². The van der Waals surface area contributed by atoms with E-state index in [1.165, 1.54) is 19.3 Å². The summed E-state index contributed by atoms with van der Waals surface area (Å²) >= 11 is 0. The molecule has 1 aromatic carbocycles. The number of ether oxygens (including phenoxy) is 1. The lowest BCUT2D eigenvalue weighted by molar-refractivity contribution is -0.0498. The molecular weight excluding hydrogens is 260 g/mol. The maximum Gasteiger partial charge on any atom is 0.387 e. The van der Waals surface area contributed by atoms with Crippen molar-refractivity contribution in [2.75, 3.05) is 0 Å². The van der Waals surface area contributed by atoms with E-state index in [1.807, 2.05) is 12.1 Å². The Morgan fingerprint density at radius 2 is 1.90 bits per heavy atom. The van der Waals surface area contributed by atoms with E-state index in [0.29, 0.717) is 12.0 Å². The van der Waals surface area contributed by atoms with Crippen LogP contribution >= 0.6 is 0 Å². The van der Waals surface area contributed by atoms with Crippen molar-refractivity contribution in [1.82, 2.24) is 5.32 Å². The lowest BCUT2D eigenvalue weighted by Crippen LogP contribution is -2.39. The second kappa shape index (κ2) is 7.02. The number of nitrogens with one attached hydrogen (secondary N) is 1. The first-order valence-corrected chi connectivity index (χ1v) is 7.31. The fourth-order valence-corrected chi connectivity index (χ4v) is 2.85. The van der Waals surface area contributed by atoms with E-state index < -0.39 is 6.61 Å². The summed E-state index contributed by atoms with van der Waals surface area (Å²) in [6.07, 6.45) is 3.81. The van der Waals surface area contributed by atoms with Crippen molar-refractivity contribution in [3.05, 3.63) is 29.8 Å². The Kier molecular flexibility index (Phi) is 5.35. The Hall–Kier alpha value is -1.16. The molecule has 20 heavy (non-hydrogen) atoms. The molecule has 3 unspecified atom stereocenters. The highest BCUT2D eigenvalue weighted by atomic mass is 19.3. The molecule has 4 heteroatoms. The van der Waals surface area contributed by atoms with Crippen LogP contribution in [0, 0.1) is 11.8 Å². The molecule has 1 fully saturated rings. The van der Waals surface area contributed by atoms with Gasteiger partial charge < -0.3 is 10.1 Å². The molecule has 1 aliphatic rings. The normalized spacial score (nSPS) is 26.8. The minimum Gasteiger partial charge on any atom is -0.435 e. The molecule has 1 aromatic rings. The highest BCUT2D eigenvalue weighted by molar-refractivity contribution is 5.27. The lowest BCUT2D eigenvalue weighted by Gasteiger charge is -2.33. The Labute approximate surface area is 119 Å². The fourth-order valence-electron chi connectivity index (χ4n) is 2.85. The van der Waals surface area contributed by atoms with Gasteiger partial charge in [-0.05, 0) is 42.4 Å². The van der Waals surface area contributed by atoms with Gasteiger partial charge >= 0.3 is 6.61 Å². The van der Waals surface area contributed by atoms with Gasteiger partial charge in [-0.15, -0.1) is 0 Å². The smallest absolute Gasteiger partial charge is 0.387 e. The maximum absolute atomic E-state index is 12.1. The van der Waals surface area contributed by atoms with Gasteiger partial charge in [-0.3, -0.25) is 0 Å². The van der Waals surface area contributed by atoms with Crippen LogP contribution in [0.3, 0.4) is 0 Å². The van der Waals surface area contributed by atoms with Crippen molar-refractivity contribution < 1.29 is 13.5 Å². The van der Waals surface area contributed by atoms with Gasteiger partial charge in [-0.25, -0.2) is 0 Å². The average molecular weight is 283 g/mol. The summed E-state index contributed by atoms with van der Waals surface area (Å²) in [5.74, 6) is 1.70. The van der Waals surface area contributed by atoms with Crippen LogP contribution in [-0.2, 0) is 6.54 Å². The molecule has 2 nitrogen and oxygen atoms in total. The summed E-state index contributed by atoms with van der Waals surface area (Å²) in [5, 5.41) is 3.59. The molecule has 1 N–H and O–H groups in total. The van der Waals surface area contributed by atoms with Gasteiger partial charge in [0.2, 0.25) is 0 Å². The van der Waals surface area contributed by atoms with E-state index in [2.05, 4.69) is 23.9 Å². The van der Waals surface area contributed by atoms with Gasteiger partial charge in [0, 0.05) is 12.6 Å². The molecule has 0 aliphatic heterocycles. The van der Waals surface area contributed by atoms with E-state index in [0.717, 1.165) is 18.0 Å². The van der Waals surface area contributed by atoms with Crippen molar-refractivity contribution in [2.45, 2.75) is 52.3 Å². The molecular formula is C16H23F2NO. The molecule has 0 saturated heterocycles. The average Bonchev–Trinajstić information content (AvgIpc) is 2.41. The molecule has 1 saturated carbocycles. The number of rotatable bonds is 5. The third-order valence-electron chi connectivity index (χ3n) is 4.17. The van der Waals surface area contributed by atoms with Gasteiger partial charge in [-0.1, -0.05) is 32.4 Å². The van der Waals surface area contributed by atoms with Crippen LogP contribution in [0.25, 0.3) is 0 Å². The zero-order valence-corrected chi connectivity index (χ0v) is 12.1. The zero-order chi connectivity index (χ0) is 14.5. The van der Waals surface area contributed by atoms with Crippen LogP contribution in [0.2, 0.25) is 0 Å². The Morgan fingerprint density at radius 3 is 2.55 bits per heavy atom. The minimum atomic E-state index is -2.76. The predicted molar refractivity (Wildman–Crippen MR) is 75.9 cm³/mol. The van der Waals surface area contributed by atoms with Crippen LogP contribution in [0.1, 0.15) is 38.7 Å². The van der Waals surface area contributed by atoms with E-state index in [9.17, 15) is 8.78 Å². The Morgan fingerprint density at radius 1 is 1.20 bits per heavy atom. The van der Waals surface area contributed by atoms with Gasteiger partial charge in [0.15, 0.2) is 0 Å². The summed E-state index contributed by atoms with van der Waals surface area (Å²) in [5.41, 5.74) is 1.09. The quantitative estimate of drug-likeness (QED) is 0.874. The van der Waals surface area contributed by atoms with Crippen LogP contribution in [0.4, 0.5) is 8.78 Å². The van der Waals surface area contributed by atoms with Crippen LogP contribution in [-0.4, -0.2) is 12.7 Å². The summed E-state index contributed by atoms with van der Waals surface area (Å²) in [7, 11) is 0. The molecule has 0 bridgehead atoms. The standard InChI is InChI=1S/C16H23F2NO/c1-11-3-4-12(2)15(9-11)19-10-13-5-7-14(8-6-13)20-16(17)18/h5-8,11-12,15-16,19H,3-4,9-10H2,1-2H3. The van der Waals surface area contributed by atoms with Crippen LogP contribution in [0.15, 0.2) is 24.3 Å². The monoisotopic (exact) mass is 283 g/mol. The Balaban J connectivity index is 1.84. The summed E-state index contributed by atoms with van der Waals surface area (Å²) in [6, 6.07) is 7.41. The van der Waals surface area contributed by atoms with Crippen molar-refractivity contribution in [2.24, 2.45) is 11.8 Å². The molecule has 0 amide bonds. The lowest BCUT2D eigenvalue weighted by atomic mass is 9.80. The molecule has 3 atom stereocenters. The third kappa shape index (κ3) is 4.44. The highest BCUT2D eigenvalue weighted by Crippen LogP contribution is 2.28. The highest BCUT2D eigenvalue weighted by Gasteiger charge is 2.24. The van der Waals surface area contributed by atoms with Crippen LogP contribution in [0.5, 0.6) is 5.75 Å². The van der Waals surface area contributed by atoms with Crippen molar-refractivity contribution in [3.63, 3.8) is 0 Å². The number of halogens is 2. The number of hydrogen-bond donors (Lipinski definition) is 1. The molecule has 0 heterocycles. The second-order valence-electron chi connectivity index (χ2n) is 5.91. The minimum absolute atomic E-state index is 0.211. The number of alkyl halides is 2. The van der Waals surface area contributed by atoms with Gasteiger partial charge in [0.05, 0.1) is 0 Å². The first kappa shape index (κ1) is 15.2. The van der Waals surface area contributed by atoms with Crippen LogP contribution < -0.4 is 10.1 Å². The maximum atomic E-state index is 12.1. The fraction of sp³-hybridized carbons (Fsp3) is 0.625. The number of benzene rings is 1. The van der Waals surface area contributed by atoms with Crippen molar-refractivity contribution in [1.29, 1.82) is 0 Å². The van der Waals surface area contributed by atoms with E-state index in [4.69, 9.17) is 0 Å². The largest absolute Gasteiger partial charge is 0.435 e. The Bertz CT molecular complexity index is 407. The molecule has 1 aliphatic carbocycles. The summed E-state index contributed by atoms with van der Waals surface area (Å²) < 4.78 is 28.5. The van der Waals surface area contributed by atoms with E-state index >= 15 is 0 Å². The third-order valence-corrected chi connectivity index (χ3v) is 4.17.